The molecule has 0 amide bonds. The standard InChI is InChI=1S/C15H21ClO/c1-4-6-12(7-5-2)15(17)13-9-8-11(3)10-14(13)16/h8-10,12H,4-7H2,1-3H3. The van der Waals surface area contributed by atoms with E-state index in [1.54, 1.807) is 0 Å². The SMILES string of the molecule is CCCC(CCC)C(=O)c1ccc(C)cc1Cl. The molecule has 1 rings (SSSR count). The molecule has 1 nitrogen and oxygen atoms in total. The fraction of sp³-hybridized carbons (Fsp3) is 0.533. The van der Waals surface area contributed by atoms with E-state index in [1.807, 2.05) is 25.1 Å². The van der Waals surface area contributed by atoms with Gasteiger partial charge in [-0.2, -0.15) is 0 Å². The van der Waals surface area contributed by atoms with E-state index in [0.717, 1.165) is 31.2 Å². The van der Waals surface area contributed by atoms with Gasteiger partial charge in [0.05, 0.1) is 5.02 Å². The third-order valence-corrected chi connectivity index (χ3v) is 3.35. The minimum absolute atomic E-state index is 0.130. The lowest BCUT2D eigenvalue weighted by molar-refractivity contribution is 0.0905. The minimum Gasteiger partial charge on any atom is -0.294 e. The summed E-state index contributed by atoms with van der Waals surface area (Å²) in [5.41, 5.74) is 1.78. The van der Waals surface area contributed by atoms with Gasteiger partial charge in [-0.25, -0.2) is 0 Å². The third kappa shape index (κ3) is 3.85. The molecule has 0 fully saturated rings. The van der Waals surface area contributed by atoms with Gasteiger partial charge in [0.15, 0.2) is 5.78 Å². The highest BCUT2D eigenvalue weighted by molar-refractivity contribution is 6.34. The van der Waals surface area contributed by atoms with Crippen LogP contribution in [0, 0.1) is 12.8 Å². The zero-order valence-electron chi connectivity index (χ0n) is 10.9. The van der Waals surface area contributed by atoms with Crippen LogP contribution in [0.3, 0.4) is 0 Å². The number of carbonyl (C=O) groups is 1. The van der Waals surface area contributed by atoms with Crippen molar-refractivity contribution in [2.24, 2.45) is 5.92 Å². The molecular weight excluding hydrogens is 232 g/mol. The third-order valence-electron chi connectivity index (χ3n) is 3.04. The molecule has 17 heavy (non-hydrogen) atoms. The first kappa shape index (κ1) is 14.2. The highest BCUT2D eigenvalue weighted by Gasteiger charge is 2.20. The Balaban J connectivity index is 2.92. The predicted octanol–water partition coefficient (Wildman–Crippen LogP) is 5.05. The summed E-state index contributed by atoms with van der Waals surface area (Å²) in [7, 11) is 0. The molecule has 0 radical (unpaired) electrons. The highest BCUT2D eigenvalue weighted by atomic mass is 35.5. The lowest BCUT2D eigenvalue weighted by Gasteiger charge is -2.15. The van der Waals surface area contributed by atoms with Crippen LogP contribution in [0.5, 0.6) is 0 Å². The van der Waals surface area contributed by atoms with Gasteiger partial charge in [-0.3, -0.25) is 4.79 Å². The first-order valence-corrected chi connectivity index (χ1v) is 6.78. The van der Waals surface area contributed by atoms with Crippen LogP contribution in [0.25, 0.3) is 0 Å². The maximum absolute atomic E-state index is 12.4. The molecule has 0 saturated carbocycles. The van der Waals surface area contributed by atoms with Gasteiger partial charge in [-0.1, -0.05) is 44.4 Å². The summed E-state index contributed by atoms with van der Waals surface area (Å²) in [5, 5.41) is 0.590. The molecular formula is C15H21ClO. The van der Waals surface area contributed by atoms with Crippen molar-refractivity contribution in [1.29, 1.82) is 0 Å². The van der Waals surface area contributed by atoms with Crippen LogP contribution in [-0.4, -0.2) is 5.78 Å². The molecule has 2 heteroatoms. The molecule has 0 heterocycles. The van der Waals surface area contributed by atoms with Crippen LogP contribution in [0.15, 0.2) is 18.2 Å². The largest absolute Gasteiger partial charge is 0.294 e. The van der Waals surface area contributed by atoms with E-state index in [4.69, 9.17) is 11.6 Å². The monoisotopic (exact) mass is 252 g/mol. The Morgan fingerprint density at radius 3 is 2.29 bits per heavy atom. The number of Topliss-reactive ketones (excluding diaryl/α,β-unsaturated/α-hetero) is 1. The van der Waals surface area contributed by atoms with Crippen molar-refractivity contribution < 1.29 is 4.79 Å². The normalized spacial score (nSPS) is 10.9. The highest BCUT2D eigenvalue weighted by Crippen LogP contribution is 2.25. The van der Waals surface area contributed by atoms with Gasteiger partial charge in [0.25, 0.3) is 0 Å². The summed E-state index contributed by atoms with van der Waals surface area (Å²) in [5.74, 6) is 0.337. The molecule has 0 atom stereocenters. The van der Waals surface area contributed by atoms with Crippen molar-refractivity contribution in [2.75, 3.05) is 0 Å². The summed E-state index contributed by atoms with van der Waals surface area (Å²) in [4.78, 5) is 12.4. The molecule has 0 aromatic heterocycles. The number of ketones is 1. The number of carbonyl (C=O) groups excluding carboxylic acids is 1. The van der Waals surface area contributed by atoms with Crippen molar-refractivity contribution in [1.82, 2.24) is 0 Å². The van der Waals surface area contributed by atoms with E-state index in [9.17, 15) is 4.79 Å². The second-order valence-electron chi connectivity index (χ2n) is 4.62. The molecule has 0 saturated heterocycles. The summed E-state index contributed by atoms with van der Waals surface area (Å²) in [6.07, 6.45) is 3.99. The van der Waals surface area contributed by atoms with Gasteiger partial charge >= 0.3 is 0 Å². The summed E-state index contributed by atoms with van der Waals surface area (Å²) >= 11 is 6.15. The fourth-order valence-corrected chi connectivity index (χ4v) is 2.47. The molecule has 0 aliphatic carbocycles. The van der Waals surface area contributed by atoms with Crippen molar-refractivity contribution >= 4 is 17.4 Å². The zero-order chi connectivity index (χ0) is 12.8. The van der Waals surface area contributed by atoms with E-state index in [0.29, 0.717) is 10.6 Å². The topological polar surface area (TPSA) is 17.1 Å². The van der Waals surface area contributed by atoms with Gasteiger partial charge in [-0.05, 0) is 37.5 Å². The molecule has 0 spiro atoms. The van der Waals surface area contributed by atoms with E-state index in [1.165, 1.54) is 0 Å². The van der Waals surface area contributed by atoms with Crippen LogP contribution in [0.2, 0.25) is 5.02 Å². The molecule has 0 N–H and O–H groups in total. The van der Waals surface area contributed by atoms with Crippen LogP contribution in [-0.2, 0) is 0 Å². The summed E-state index contributed by atoms with van der Waals surface area (Å²) in [6, 6.07) is 5.68. The van der Waals surface area contributed by atoms with E-state index in [2.05, 4.69) is 13.8 Å². The molecule has 0 aliphatic rings. The van der Waals surface area contributed by atoms with E-state index in [-0.39, 0.29) is 11.7 Å². The van der Waals surface area contributed by atoms with Crippen molar-refractivity contribution in [3.8, 4) is 0 Å². The van der Waals surface area contributed by atoms with Crippen LogP contribution in [0.1, 0.15) is 55.5 Å². The van der Waals surface area contributed by atoms with Gasteiger partial charge in [-0.15, -0.1) is 0 Å². The lowest BCUT2D eigenvalue weighted by atomic mass is 9.89. The van der Waals surface area contributed by atoms with E-state index < -0.39 is 0 Å². The summed E-state index contributed by atoms with van der Waals surface area (Å²) in [6.45, 7) is 6.22. The Morgan fingerprint density at radius 1 is 1.24 bits per heavy atom. The Kier molecular flexibility index (Phi) is 5.70. The smallest absolute Gasteiger partial charge is 0.167 e. The number of rotatable bonds is 6. The van der Waals surface area contributed by atoms with Gasteiger partial charge < -0.3 is 0 Å². The maximum Gasteiger partial charge on any atom is 0.167 e. The van der Waals surface area contributed by atoms with Crippen molar-refractivity contribution in [2.45, 2.75) is 46.5 Å². The number of halogens is 1. The van der Waals surface area contributed by atoms with Crippen molar-refractivity contribution in [3.05, 3.63) is 34.3 Å². The maximum atomic E-state index is 12.4. The number of hydrogen-bond acceptors (Lipinski definition) is 1. The summed E-state index contributed by atoms with van der Waals surface area (Å²) < 4.78 is 0. The first-order valence-electron chi connectivity index (χ1n) is 6.40. The second kappa shape index (κ2) is 6.80. The quantitative estimate of drug-likeness (QED) is 0.648. The molecule has 1 aromatic carbocycles. The first-order chi connectivity index (χ1) is 8.10. The minimum atomic E-state index is 0.130. The Labute approximate surface area is 109 Å². The van der Waals surface area contributed by atoms with Crippen LogP contribution in [0.4, 0.5) is 0 Å². The fourth-order valence-electron chi connectivity index (χ4n) is 2.14. The Morgan fingerprint density at radius 2 is 1.82 bits per heavy atom. The Bertz CT molecular complexity index is 379. The molecule has 0 bridgehead atoms. The zero-order valence-corrected chi connectivity index (χ0v) is 11.7. The van der Waals surface area contributed by atoms with Gasteiger partial charge in [0, 0.05) is 11.5 Å². The van der Waals surface area contributed by atoms with Crippen molar-refractivity contribution in [3.63, 3.8) is 0 Å². The number of benzene rings is 1. The average molecular weight is 253 g/mol. The van der Waals surface area contributed by atoms with Gasteiger partial charge in [0.2, 0.25) is 0 Å². The molecule has 0 aliphatic heterocycles. The predicted molar refractivity (Wildman–Crippen MR) is 73.8 cm³/mol. The van der Waals surface area contributed by atoms with Crippen LogP contribution < -0.4 is 0 Å². The average Bonchev–Trinajstić information content (AvgIpc) is 2.28. The van der Waals surface area contributed by atoms with Crippen LogP contribution >= 0.6 is 11.6 Å². The van der Waals surface area contributed by atoms with Gasteiger partial charge in [0.1, 0.15) is 0 Å². The Hall–Kier alpha value is -0.820. The number of hydrogen-bond donors (Lipinski definition) is 0. The lowest BCUT2D eigenvalue weighted by Crippen LogP contribution is -2.15. The molecule has 1 aromatic rings. The second-order valence-corrected chi connectivity index (χ2v) is 5.03. The van der Waals surface area contributed by atoms with E-state index >= 15 is 0 Å². The molecule has 94 valence electrons. The number of aryl methyl sites for hydroxylation is 1. The molecule has 0 unspecified atom stereocenters.